The average molecular weight is 212 g/mol. The van der Waals surface area contributed by atoms with Crippen LogP contribution in [0.5, 0.6) is 0 Å². The van der Waals surface area contributed by atoms with Crippen molar-refractivity contribution in [2.45, 2.75) is 6.42 Å². The summed E-state index contributed by atoms with van der Waals surface area (Å²) in [6.45, 7) is 0. The van der Waals surface area contributed by atoms with Gasteiger partial charge in [0.2, 0.25) is 0 Å². The fourth-order valence-corrected chi connectivity index (χ4v) is 1.78. The van der Waals surface area contributed by atoms with Crippen LogP contribution in [0.2, 0.25) is 0 Å². The second kappa shape index (κ2) is 4.71. The molecule has 0 bridgehead atoms. The number of hydrogen-bond acceptors (Lipinski definition) is 2. The van der Waals surface area contributed by atoms with Crippen molar-refractivity contribution >= 4 is 11.4 Å². The summed E-state index contributed by atoms with van der Waals surface area (Å²) in [6.07, 6.45) is 0.917. The molecule has 0 spiro atoms. The molecule has 0 saturated heterocycles. The van der Waals surface area contributed by atoms with Crippen molar-refractivity contribution in [2.24, 2.45) is 0 Å². The Labute approximate surface area is 96.1 Å². The predicted molar refractivity (Wildman–Crippen MR) is 69.6 cm³/mol. The predicted octanol–water partition coefficient (Wildman–Crippen LogP) is 2.90. The topological polar surface area (TPSA) is 38.0 Å². The highest BCUT2D eigenvalue weighted by Gasteiger charge is 1.97. The third-order valence-corrected chi connectivity index (χ3v) is 2.57. The Bertz CT molecular complexity index is 478. The van der Waals surface area contributed by atoms with E-state index in [9.17, 15) is 0 Å². The van der Waals surface area contributed by atoms with Crippen LogP contribution in [0.15, 0.2) is 48.5 Å². The van der Waals surface area contributed by atoms with Crippen LogP contribution in [0, 0.1) is 0 Å². The maximum atomic E-state index is 5.76. The molecule has 0 amide bonds. The molecule has 0 aliphatic rings. The Morgan fingerprint density at radius 2 is 1.69 bits per heavy atom. The summed E-state index contributed by atoms with van der Waals surface area (Å²) in [4.78, 5) is 0. The lowest BCUT2D eigenvalue weighted by atomic mass is 10.0. The van der Waals surface area contributed by atoms with Crippen LogP contribution in [0.4, 0.5) is 11.4 Å². The van der Waals surface area contributed by atoms with Crippen molar-refractivity contribution in [3.63, 3.8) is 0 Å². The molecule has 0 fully saturated rings. The third kappa shape index (κ3) is 2.54. The minimum atomic E-state index is 0.822. The summed E-state index contributed by atoms with van der Waals surface area (Å²) in [5, 5.41) is 3.14. The van der Waals surface area contributed by atoms with Crippen molar-refractivity contribution in [3.8, 4) is 0 Å². The SMILES string of the molecule is CNc1cccc(Cc2cccc(N)c2)c1. The van der Waals surface area contributed by atoms with E-state index in [1.165, 1.54) is 11.1 Å². The Kier molecular flexibility index (Phi) is 3.10. The number of nitrogens with two attached hydrogens (primary N) is 1. The highest BCUT2D eigenvalue weighted by Crippen LogP contribution is 2.15. The van der Waals surface area contributed by atoms with E-state index in [0.29, 0.717) is 0 Å². The van der Waals surface area contributed by atoms with Gasteiger partial charge in [0.05, 0.1) is 0 Å². The van der Waals surface area contributed by atoms with Gasteiger partial charge in [-0.05, 0) is 41.8 Å². The van der Waals surface area contributed by atoms with Gasteiger partial charge in [0.25, 0.3) is 0 Å². The van der Waals surface area contributed by atoms with Crippen molar-refractivity contribution < 1.29 is 0 Å². The minimum absolute atomic E-state index is 0.822. The summed E-state index contributed by atoms with van der Waals surface area (Å²) in [7, 11) is 1.93. The molecular weight excluding hydrogens is 196 g/mol. The van der Waals surface area contributed by atoms with E-state index < -0.39 is 0 Å². The molecule has 2 aromatic carbocycles. The molecular formula is C14H16N2. The molecule has 0 saturated carbocycles. The molecule has 2 heteroatoms. The van der Waals surface area contributed by atoms with Crippen molar-refractivity contribution in [2.75, 3.05) is 18.1 Å². The number of anilines is 2. The van der Waals surface area contributed by atoms with Crippen molar-refractivity contribution in [1.82, 2.24) is 0 Å². The fourth-order valence-electron chi connectivity index (χ4n) is 1.78. The molecule has 0 aliphatic heterocycles. The van der Waals surface area contributed by atoms with Crippen molar-refractivity contribution in [3.05, 3.63) is 59.7 Å². The average Bonchev–Trinajstić information content (AvgIpc) is 2.29. The Balaban J connectivity index is 2.20. The maximum absolute atomic E-state index is 5.76. The van der Waals surface area contributed by atoms with Gasteiger partial charge in [-0.15, -0.1) is 0 Å². The van der Waals surface area contributed by atoms with Crippen LogP contribution in [-0.2, 0) is 6.42 Å². The third-order valence-electron chi connectivity index (χ3n) is 2.57. The molecule has 82 valence electrons. The molecule has 0 atom stereocenters. The van der Waals surface area contributed by atoms with E-state index in [2.05, 4.69) is 35.6 Å². The first-order chi connectivity index (χ1) is 7.78. The standard InChI is InChI=1S/C14H16N2/c1-16-14-7-3-5-12(10-14)8-11-4-2-6-13(15)9-11/h2-7,9-10,16H,8,15H2,1H3. The second-order valence-electron chi connectivity index (χ2n) is 3.87. The lowest BCUT2D eigenvalue weighted by molar-refractivity contribution is 1.19. The van der Waals surface area contributed by atoms with E-state index in [0.717, 1.165) is 17.8 Å². The van der Waals surface area contributed by atoms with Gasteiger partial charge in [0.1, 0.15) is 0 Å². The van der Waals surface area contributed by atoms with Gasteiger partial charge in [-0.2, -0.15) is 0 Å². The first-order valence-corrected chi connectivity index (χ1v) is 5.39. The van der Waals surface area contributed by atoms with E-state index in [-0.39, 0.29) is 0 Å². The summed E-state index contributed by atoms with van der Waals surface area (Å²) >= 11 is 0. The van der Waals surface area contributed by atoms with E-state index in [4.69, 9.17) is 5.73 Å². The quantitative estimate of drug-likeness (QED) is 0.768. The molecule has 2 rings (SSSR count). The van der Waals surface area contributed by atoms with Crippen LogP contribution < -0.4 is 11.1 Å². The van der Waals surface area contributed by atoms with Gasteiger partial charge >= 0.3 is 0 Å². The maximum Gasteiger partial charge on any atom is 0.0340 e. The summed E-state index contributed by atoms with van der Waals surface area (Å²) < 4.78 is 0. The molecule has 0 aliphatic carbocycles. The molecule has 2 nitrogen and oxygen atoms in total. The number of benzene rings is 2. The Hall–Kier alpha value is -1.96. The van der Waals surface area contributed by atoms with Crippen LogP contribution >= 0.6 is 0 Å². The molecule has 0 unspecified atom stereocenters. The van der Waals surface area contributed by atoms with E-state index in [1.807, 2.05) is 25.2 Å². The number of nitrogen functional groups attached to an aromatic ring is 1. The zero-order valence-electron chi connectivity index (χ0n) is 9.40. The van der Waals surface area contributed by atoms with Crippen LogP contribution in [0.1, 0.15) is 11.1 Å². The zero-order chi connectivity index (χ0) is 11.4. The summed E-state index contributed by atoms with van der Waals surface area (Å²) in [5.41, 5.74) is 10.3. The van der Waals surface area contributed by atoms with Crippen LogP contribution in [-0.4, -0.2) is 7.05 Å². The molecule has 3 N–H and O–H groups in total. The lowest BCUT2D eigenvalue weighted by Crippen LogP contribution is -1.93. The normalized spacial score (nSPS) is 10.1. The second-order valence-corrected chi connectivity index (χ2v) is 3.87. The molecule has 0 heterocycles. The fraction of sp³-hybridized carbons (Fsp3) is 0.143. The Morgan fingerprint density at radius 3 is 2.38 bits per heavy atom. The smallest absolute Gasteiger partial charge is 0.0340 e. The van der Waals surface area contributed by atoms with Crippen LogP contribution in [0.3, 0.4) is 0 Å². The van der Waals surface area contributed by atoms with Gasteiger partial charge in [0, 0.05) is 18.4 Å². The monoisotopic (exact) mass is 212 g/mol. The van der Waals surface area contributed by atoms with E-state index >= 15 is 0 Å². The zero-order valence-corrected chi connectivity index (χ0v) is 9.40. The Morgan fingerprint density at radius 1 is 1.00 bits per heavy atom. The first-order valence-electron chi connectivity index (χ1n) is 5.39. The van der Waals surface area contributed by atoms with Crippen LogP contribution in [0.25, 0.3) is 0 Å². The van der Waals surface area contributed by atoms with Gasteiger partial charge in [-0.25, -0.2) is 0 Å². The molecule has 2 aromatic rings. The van der Waals surface area contributed by atoms with Crippen molar-refractivity contribution in [1.29, 1.82) is 0 Å². The molecule has 0 radical (unpaired) electrons. The van der Waals surface area contributed by atoms with Gasteiger partial charge in [-0.1, -0.05) is 24.3 Å². The molecule has 16 heavy (non-hydrogen) atoms. The van der Waals surface area contributed by atoms with E-state index in [1.54, 1.807) is 0 Å². The highest BCUT2D eigenvalue weighted by atomic mass is 14.8. The van der Waals surface area contributed by atoms with Gasteiger partial charge in [0.15, 0.2) is 0 Å². The number of hydrogen-bond donors (Lipinski definition) is 2. The first kappa shape index (κ1) is 10.6. The molecule has 0 aromatic heterocycles. The van der Waals surface area contributed by atoms with Gasteiger partial charge in [-0.3, -0.25) is 0 Å². The highest BCUT2D eigenvalue weighted by molar-refractivity contribution is 5.47. The largest absolute Gasteiger partial charge is 0.399 e. The summed E-state index contributed by atoms with van der Waals surface area (Å²) in [6, 6.07) is 16.4. The summed E-state index contributed by atoms with van der Waals surface area (Å²) in [5.74, 6) is 0. The van der Waals surface area contributed by atoms with Gasteiger partial charge < -0.3 is 11.1 Å². The number of rotatable bonds is 3. The minimum Gasteiger partial charge on any atom is -0.399 e. The number of nitrogens with one attached hydrogen (secondary N) is 1. The lowest BCUT2D eigenvalue weighted by Gasteiger charge is -2.05.